The molecule has 0 radical (unpaired) electrons. The first-order valence-corrected chi connectivity index (χ1v) is 19.3. The molecule has 0 heterocycles. The highest BCUT2D eigenvalue weighted by Crippen LogP contribution is 2.13. The number of carbonyl (C=O) groups is 2. The summed E-state index contributed by atoms with van der Waals surface area (Å²) in [6, 6.07) is 0. The Bertz CT molecular complexity index is 668. The van der Waals surface area contributed by atoms with E-state index in [1.165, 1.54) is 141 Å². The summed E-state index contributed by atoms with van der Waals surface area (Å²) in [4.78, 5) is 24.4. The molecule has 4 heteroatoms. The molecule has 0 rings (SSSR count). The van der Waals surface area contributed by atoms with Crippen molar-refractivity contribution in [1.29, 1.82) is 0 Å². The fourth-order valence-corrected chi connectivity index (χ4v) is 5.42. The minimum absolute atomic E-state index is 0.164. The maximum atomic E-state index is 12.2. The first-order valence-electron chi connectivity index (χ1n) is 19.3. The molecular weight excluding hydrogens is 544 g/mol. The minimum atomic E-state index is -0.330. The Kier molecular flexibility index (Phi) is 34.6. The molecule has 0 N–H and O–H groups in total. The maximum Gasteiger partial charge on any atom is 0.306 e. The zero-order valence-electron chi connectivity index (χ0n) is 29.7. The quantitative estimate of drug-likeness (QED) is 0.0409. The number of esters is 2. The third-order valence-electron chi connectivity index (χ3n) is 8.47. The van der Waals surface area contributed by atoms with Crippen molar-refractivity contribution in [3.05, 3.63) is 24.3 Å². The lowest BCUT2D eigenvalue weighted by molar-refractivity contribution is -0.159. The van der Waals surface area contributed by atoms with Crippen LogP contribution in [0.25, 0.3) is 0 Å². The van der Waals surface area contributed by atoms with Crippen molar-refractivity contribution in [2.24, 2.45) is 0 Å². The SMILES string of the molecule is CCCCCCCCC=CCCCCCCCC(=O)OC[C@H](CC)OC(=O)CCCCCCCC=CCCCCCCCC. The summed E-state index contributed by atoms with van der Waals surface area (Å²) in [7, 11) is 0. The van der Waals surface area contributed by atoms with Gasteiger partial charge in [-0.2, -0.15) is 0 Å². The predicted molar refractivity (Wildman–Crippen MR) is 190 cm³/mol. The summed E-state index contributed by atoms with van der Waals surface area (Å²) in [5, 5.41) is 0. The number of hydrogen-bond donors (Lipinski definition) is 0. The van der Waals surface area contributed by atoms with Crippen molar-refractivity contribution in [2.75, 3.05) is 6.61 Å². The molecule has 1 atom stereocenters. The van der Waals surface area contributed by atoms with E-state index in [0.717, 1.165) is 25.7 Å². The van der Waals surface area contributed by atoms with Crippen molar-refractivity contribution in [1.82, 2.24) is 0 Å². The van der Waals surface area contributed by atoms with Crippen molar-refractivity contribution >= 4 is 11.9 Å². The molecule has 0 fully saturated rings. The third kappa shape index (κ3) is 33.3. The Morgan fingerprint density at radius 3 is 1.18 bits per heavy atom. The monoisotopic (exact) mass is 619 g/mol. The van der Waals surface area contributed by atoms with Gasteiger partial charge >= 0.3 is 11.9 Å². The van der Waals surface area contributed by atoms with E-state index >= 15 is 0 Å². The fraction of sp³-hybridized carbons (Fsp3) is 0.850. The Balaban J connectivity index is 3.58. The molecule has 0 aliphatic heterocycles. The van der Waals surface area contributed by atoms with E-state index in [-0.39, 0.29) is 24.6 Å². The molecule has 4 nitrogen and oxygen atoms in total. The normalized spacial score (nSPS) is 12.3. The van der Waals surface area contributed by atoms with Crippen molar-refractivity contribution in [3.63, 3.8) is 0 Å². The molecular formula is C40H74O4. The Morgan fingerprint density at radius 2 is 0.795 bits per heavy atom. The van der Waals surface area contributed by atoms with Gasteiger partial charge < -0.3 is 9.47 Å². The van der Waals surface area contributed by atoms with Crippen molar-refractivity contribution < 1.29 is 19.1 Å². The number of unbranched alkanes of at least 4 members (excludes halogenated alkanes) is 22. The van der Waals surface area contributed by atoms with Gasteiger partial charge in [-0.15, -0.1) is 0 Å². The maximum absolute atomic E-state index is 12.2. The second-order valence-corrected chi connectivity index (χ2v) is 12.9. The number of allylic oxidation sites excluding steroid dienone is 4. The van der Waals surface area contributed by atoms with Crippen LogP contribution in [-0.4, -0.2) is 24.6 Å². The number of rotatable bonds is 34. The second kappa shape index (κ2) is 35.9. The van der Waals surface area contributed by atoms with Crippen LogP contribution in [0.5, 0.6) is 0 Å². The Morgan fingerprint density at radius 1 is 0.455 bits per heavy atom. The zero-order chi connectivity index (χ0) is 32.2. The summed E-state index contributed by atoms with van der Waals surface area (Å²) in [5.74, 6) is -0.336. The molecule has 0 saturated carbocycles. The van der Waals surface area contributed by atoms with Crippen molar-refractivity contribution in [2.45, 2.75) is 213 Å². The lowest BCUT2D eigenvalue weighted by atomic mass is 10.1. The molecule has 0 aromatic carbocycles. The summed E-state index contributed by atoms with van der Waals surface area (Å²) >= 11 is 0. The molecule has 0 aromatic heterocycles. The van der Waals surface area contributed by atoms with Gasteiger partial charge in [0.15, 0.2) is 0 Å². The molecule has 0 saturated heterocycles. The number of hydrogen-bond acceptors (Lipinski definition) is 4. The molecule has 0 aliphatic rings. The molecule has 0 aliphatic carbocycles. The van der Waals surface area contributed by atoms with Crippen LogP contribution in [0, 0.1) is 0 Å². The molecule has 0 aromatic rings. The summed E-state index contributed by atoms with van der Waals surface area (Å²) in [6.45, 7) is 6.68. The van der Waals surface area contributed by atoms with E-state index < -0.39 is 0 Å². The largest absolute Gasteiger partial charge is 0.462 e. The molecule has 0 spiro atoms. The highest BCUT2D eigenvalue weighted by atomic mass is 16.6. The van der Waals surface area contributed by atoms with Crippen LogP contribution in [0.15, 0.2) is 24.3 Å². The average Bonchev–Trinajstić information content (AvgIpc) is 3.02. The van der Waals surface area contributed by atoms with Crippen molar-refractivity contribution in [3.8, 4) is 0 Å². The lowest BCUT2D eigenvalue weighted by Crippen LogP contribution is -2.24. The van der Waals surface area contributed by atoms with Gasteiger partial charge in [-0.3, -0.25) is 9.59 Å². The van der Waals surface area contributed by atoms with Crippen LogP contribution in [-0.2, 0) is 19.1 Å². The van der Waals surface area contributed by atoms with Gasteiger partial charge in [0.2, 0.25) is 0 Å². The zero-order valence-corrected chi connectivity index (χ0v) is 29.7. The van der Waals surface area contributed by atoms with E-state index in [2.05, 4.69) is 38.2 Å². The molecule has 0 unspecified atom stereocenters. The average molecular weight is 619 g/mol. The highest BCUT2D eigenvalue weighted by molar-refractivity contribution is 5.70. The summed E-state index contributed by atoms with van der Waals surface area (Å²) < 4.78 is 11.0. The molecule has 0 bridgehead atoms. The second-order valence-electron chi connectivity index (χ2n) is 12.9. The van der Waals surface area contributed by atoms with E-state index in [0.29, 0.717) is 19.3 Å². The van der Waals surface area contributed by atoms with Gasteiger partial charge in [0.1, 0.15) is 12.7 Å². The van der Waals surface area contributed by atoms with Crippen LogP contribution < -0.4 is 0 Å². The summed E-state index contributed by atoms with van der Waals surface area (Å²) in [5.41, 5.74) is 0. The van der Waals surface area contributed by atoms with Gasteiger partial charge in [0.05, 0.1) is 0 Å². The van der Waals surface area contributed by atoms with Crippen LogP contribution in [0.2, 0.25) is 0 Å². The first kappa shape index (κ1) is 42.4. The molecule has 258 valence electrons. The smallest absolute Gasteiger partial charge is 0.306 e. The topological polar surface area (TPSA) is 52.6 Å². The van der Waals surface area contributed by atoms with Crippen LogP contribution in [0.4, 0.5) is 0 Å². The van der Waals surface area contributed by atoms with E-state index in [9.17, 15) is 9.59 Å². The van der Waals surface area contributed by atoms with Crippen LogP contribution in [0.3, 0.4) is 0 Å². The van der Waals surface area contributed by atoms with Crippen LogP contribution >= 0.6 is 0 Å². The first-order chi connectivity index (χ1) is 21.6. The van der Waals surface area contributed by atoms with Gasteiger partial charge in [-0.1, -0.05) is 148 Å². The molecule has 44 heavy (non-hydrogen) atoms. The van der Waals surface area contributed by atoms with E-state index in [1.807, 2.05) is 6.92 Å². The van der Waals surface area contributed by atoms with Gasteiger partial charge in [0.25, 0.3) is 0 Å². The fourth-order valence-electron chi connectivity index (χ4n) is 5.42. The van der Waals surface area contributed by atoms with E-state index in [1.54, 1.807) is 0 Å². The van der Waals surface area contributed by atoms with Gasteiger partial charge in [-0.25, -0.2) is 0 Å². The standard InChI is InChI=1S/C40H74O4/c1-4-7-9-11-13-15-17-19-21-23-25-27-29-31-33-35-39(41)43-37-38(6-3)44-40(42)36-34-32-30-28-26-24-22-20-18-16-14-12-10-8-5-2/h19-22,38H,4-18,23-37H2,1-3H3/t38-/m0/s1. The summed E-state index contributed by atoms with van der Waals surface area (Å²) in [6.07, 6.45) is 43.0. The highest BCUT2D eigenvalue weighted by Gasteiger charge is 2.15. The Labute approximate surface area is 274 Å². The third-order valence-corrected chi connectivity index (χ3v) is 8.47. The minimum Gasteiger partial charge on any atom is -0.462 e. The lowest BCUT2D eigenvalue weighted by Gasteiger charge is -2.16. The van der Waals surface area contributed by atoms with Gasteiger partial charge in [-0.05, 0) is 70.6 Å². The van der Waals surface area contributed by atoms with E-state index in [4.69, 9.17) is 9.47 Å². The number of ether oxygens (including phenoxy) is 2. The number of carbonyl (C=O) groups excluding carboxylic acids is 2. The van der Waals surface area contributed by atoms with Gasteiger partial charge in [0, 0.05) is 12.8 Å². The predicted octanol–water partition coefficient (Wildman–Crippen LogP) is 12.9. The van der Waals surface area contributed by atoms with Crippen LogP contribution in [0.1, 0.15) is 207 Å². The molecule has 0 amide bonds. The Hall–Kier alpha value is -1.58.